The largest absolute Gasteiger partial charge is 2.00 e. The molecule has 6 radical (unpaired) electrons. The first kappa shape index (κ1) is 35.7. The molecule has 0 heterocycles. The molecule has 0 fully saturated rings. The fourth-order valence-electron chi connectivity index (χ4n) is 3.48. The van der Waals surface area contributed by atoms with Crippen molar-refractivity contribution in [2.75, 3.05) is 0 Å². The van der Waals surface area contributed by atoms with Crippen LogP contribution in [0.2, 0.25) is 0 Å². The summed E-state index contributed by atoms with van der Waals surface area (Å²) in [7, 11) is 0. The van der Waals surface area contributed by atoms with Gasteiger partial charge in [0.2, 0.25) is 0 Å². The molecule has 39 heavy (non-hydrogen) atoms. The van der Waals surface area contributed by atoms with Crippen molar-refractivity contribution in [2.45, 2.75) is 0 Å². The first-order valence-electron chi connectivity index (χ1n) is 10.6. The van der Waals surface area contributed by atoms with Crippen molar-refractivity contribution in [2.24, 2.45) is 0 Å². The molecule has 0 saturated carbocycles. The molecule has 0 aromatic heterocycles. The van der Waals surface area contributed by atoms with Crippen LogP contribution in [-0.2, 0) is 0 Å². The van der Waals surface area contributed by atoms with Crippen molar-refractivity contribution in [3.63, 3.8) is 0 Å². The van der Waals surface area contributed by atoms with Gasteiger partial charge in [-0.2, -0.15) is 0 Å². The van der Waals surface area contributed by atoms with Crippen molar-refractivity contribution >= 4 is 95.8 Å². The maximum Gasteiger partial charge on any atom is 2.00 e. The van der Waals surface area contributed by atoms with Gasteiger partial charge in [0.05, 0.1) is 47.9 Å². The summed E-state index contributed by atoms with van der Waals surface area (Å²) in [6.45, 7) is 0. The van der Waals surface area contributed by atoms with Gasteiger partial charge in [-0.15, -0.1) is 0 Å². The number of halogens is 8. The fourth-order valence-corrected chi connectivity index (χ4v) is 5.18. The van der Waals surface area contributed by atoms with Crippen LogP contribution in [0.4, 0.5) is 0 Å². The number of hydrogen-bond acceptors (Lipinski definition) is 0. The molecule has 0 aromatic carbocycles. The standard InChI is InChI=1S/3C10H5Cl2.Bi.2FH/c3*11-9-6-10(12)8-5-3-1-2-4-7(8)9;;;/h3*1-5H;;2*1H/q;;;+2;;/p-2. The Hall–Kier alpha value is -1.30. The van der Waals surface area contributed by atoms with Crippen molar-refractivity contribution in [1.29, 1.82) is 0 Å². The molecular formula is C30H15BiCl6F2. The van der Waals surface area contributed by atoms with Gasteiger partial charge in [-0.05, 0) is 16.7 Å². The van der Waals surface area contributed by atoms with E-state index in [9.17, 15) is 0 Å². The van der Waals surface area contributed by atoms with Crippen LogP contribution in [0.25, 0.3) is 0 Å². The van der Waals surface area contributed by atoms with E-state index in [2.05, 4.69) is 17.2 Å². The summed E-state index contributed by atoms with van der Waals surface area (Å²) in [5, 5.41) is 3.53. The quantitative estimate of drug-likeness (QED) is 0.256. The maximum absolute atomic E-state index is 5.90. The molecule has 0 N–H and O–H groups in total. The average molecular weight is 835 g/mol. The number of fused-ring (bicyclic) bond motifs is 3. The van der Waals surface area contributed by atoms with Crippen molar-refractivity contribution in [1.82, 2.24) is 0 Å². The van der Waals surface area contributed by atoms with Crippen LogP contribution in [0.5, 0.6) is 0 Å². The Balaban J connectivity index is 0.000000282. The molecule has 0 atom stereocenters. The van der Waals surface area contributed by atoms with Gasteiger partial charge < -0.3 is 9.41 Å². The zero-order valence-corrected chi connectivity index (χ0v) is 27.6. The summed E-state index contributed by atoms with van der Waals surface area (Å²) < 4.78 is 0. The van der Waals surface area contributed by atoms with Crippen LogP contribution in [0.3, 0.4) is 0 Å². The predicted molar refractivity (Wildman–Crippen MR) is 161 cm³/mol. The Morgan fingerprint density at radius 2 is 0.615 bits per heavy atom. The predicted octanol–water partition coefficient (Wildman–Crippen LogP) is 4.04. The summed E-state index contributed by atoms with van der Waals surface area (Å²) in [4.78, 5) is 0. The SMILES string of the molecule is ClC1=C=C(Cl)C2=CC=CC=C[C]12.ClC1=C=C(Cl)C2=CC=CC=C[C]12.ClC1=C=C(Cl)C2=CC=CC=C[C]12.[Bi+2].[F-].[F-]. The molecule has 0 amide bonds. The van der Waals surface area contributed by atoms with Gasteiger partial charge in [-0.25, -0.2) is 0 Å². The summed E-state index contributed by atoms with van der Waals surface area (Å²) in [5.41, 5.74) is 11.4. The molecule has 0 bridgehead atoms. The van der Waals surface area contributed by atoms with Crippen LogP contribution in [0, 0.1) is 17.8 Å². The smallest absolute Gasteiger partial charge is 1.00 e. The minimum atomic E-state index is 0. The van der Waals surface area contributed by atoms with Crippen molar-refractivity contribution in [3.8, 4) is 0 Å². The first-order valence-corrected chi connectivity index (χ1v) is 12.9. The van der Waals surface area contributed by atoms with Gasteiger partial charge in [0.25, 0.3) is 0 Å². The van der Waals surface area contributed by atoms with E-state index in [1.807, 2.05) is 91.1 Å². The van der Waals surface area contributed by atoms with E-state index in [1.165, 1.54) is 0 Å². The van der Waals surface area contributed by atoms with Gasteiger partial charge in [-0.3, -0.25) is 0 Å². The average Bonchev–Trinajstić information content (AvgIpc) is 3.20. The monoisotopic (exact) mass is 832 g/mol. The third kappa shape index (κ3) is 8.84. The number of allylic oxidation sites excluding steroid dienone is 21. The zero-order valence-electron chi connectivity index (χ0n) is 19.6. The van der Waals surface area contributed by atoms with E-state index in [1.54, 1.807) is 0 Å². The molecule has 0 unspecified atom stereocenters. The Bertz CT molecular complexity index is 1280. The number of hydrogen-bond donors (Lipinski definition) is 0. The fraction of sp³-hybridized carbons (Fsp3) is 0. The van der Waals surface area contributed by atoms with E-state index in [4.69, 9.17) is 69.6 Å². The van der Waals surface area contributed by atoms with Crippen LogP contribution < -0.4 is 9.41 Å². The third-order valence-electron chi connectivity index (χ3n) is 5.19. The molecule has 0 aliphatic heterocycles. The summed E-state index contributed by atoms with van der Waals surface area (Å²) in [6, 6.07) is 0. The van der Waals surface area contributed by atoms with Gasteiger partial charge in [-0.1, -0.05) is 178 Å². The van der Waals surface area contributed by atoms with Crippen LogP contribution in [-0.4, -0.2) is 26.2 Å². The van der Waals surface area contributed by atoms with Crippen molar-refractivity contribution in [3.05, 3.63) is 173 Å². The molecule has 6 aliphatic rings. The minimum absolute atomic E-state index is 0. The van der Waals surface area contributed by atoms with Crippen LogP contribution >= 0.6 is 69.6 Å². The minimum Gasteiger partial charge on any atom is -1.00 e. The number of rotatable bonds is 0. The van der Waals surface area contributed by atoms with Crippen LogP contribution in [0.1, 0.15) is 0 Å². The summed E-state index contributed by atoms with van der Waals surface area (Å²) >= 11 is 35.4. The van der Waals surface area contributed by atoms with E-state index < -0.39 is 0 Å². The molecule has 0 spiro atoms. The second kappa shape index (κ2) is 16.8. The Labute approximate surface area is 275 Å². The van der Waals surface area contributed by atoms with E-state index in [-0.39, 0.29) is 35.6 Å². The normalized spacial score (nSPS) is 19.7. The maximum atomic E-state index is 5.90. The summed E-state index contributed by atoms with van der Waals surface area (Å²) in [6.07, 6.45) is 29.0. The summed E-state index contributed by atoms with van der Waals surface area (Å²) in [5.74, 6) is 2.85. The van der Waals surface area contributed by atoms with Crippen LogP contribution in [0.15, 0.2) is 155 Å². The Morgan fingerprint density at radius 1 is 0.359 bits per heavy atom. The molecule has 9 heteroatoms. The van der Waals surface area contributed by atoms with Crippen molar-refractivity contribution < 1.29 is 9.41 Å². The molecule has 6 rings (SSSR count). The first-order chi connectivity index (χ1) is 17.4. The molecule has 0 saturated heterocycles. The molecule has 196 valence electrons. The molecule has 0 aromatic rings. The second-order valence-electron chi connectivity index (χ2n) is 7.47. The van der Waals surface area contributed by atoms with Gasteiger partial charge in [0, 0.05) is 0 Å². The molecule has 0 nitrogen and oxygen atoms in total. The van der Waals surface area contributed by atoms with Gasteiger partial charge >= 0.3 is 26.2 Å². The van der Waals surface area contributed by atoms with E-state index >= 15 is 0 Å². The Kier molecular flexibility index (Phi) is 15.4. The van der Waals surface area contributed by atoms with Gasteiger partial charge in [0.15, 0.2) is 0 Å². The van der Waals surface area contributed by atoms with Gasteiger partial charge in [0.1, 0.15) is 0 Å². The second-order valence-corrected chi connectivity index (χ2v) is 9.74. The molecular weight excluding hydrogens is 820 g/mol. The zero-order chi connectivity index (χ0) is 25.7. The third-order valence-corrected chi connectivity index (χ3v) is 6.98. The van der Waals surface area contributed by atoms with E-state index in [0.717, 1.165) is 34.5 Å². The molecule has 6 aliphatic carbocycles. The topological polar surface area (TPSA) is 0 Å². The Morgan fingerprint density at radius 3 is 0.872 bits per heavy atom. The van der Waals surface area contributed by atoms with E-state index in [0.29, 0.717) is 30.2 Å².